The molecule has 2 aliphatic heterocycles. The van der Waals surface area contributed by atoms with Crippen LogP contribution in [0.25, 0.3) is 0 Å². The number of dihydropyridines is 1. The van der Waals surface area contributed by atoms with Crippen molar-refractivity contribution < 1.29 is 4.79 Å². The van der Waals surface area contributed by atoms with Crippen molar-refractivity contribution in [2.75, 3.05) is 6.54 Å². The number of aliphatic imine (C=N–C) groups is 1. The van der Waals surface area contributed by atoms with Crippen LogP contribution in [-0.2, 0) is 4.79 Å². The van der Waals surface area contributed by atoms with Gasteiger partial charge in [0.05, 0.1) is 6.04 Å². The Bertz CT molecular complexity index is 255. The van der Waals surface area contributed by atoms with Gasteiger partial charge < -0.3 is 5.32 Å². The average molecular weight is 164 g/mol. The molecule has 0 radical (unpaired) electrons. The Kier molecular flexibility index (Phi) is 1.94. The molecular formula is C9H12N2O. The van der Waals surface area contributed by atoms with Crippen molar-refractivity contribution in [3.05, 3.63) is 11.6 Å². The Morgan fingerprint density at radius 2 is 2.50 bits per heavy atom. The van der Waals surface area contributed by atoms with E-state index in [-0.39, 0.29) is 11.9 Å². The van der Waals surface area contributed by atoms with Crippen LogP contribution in [0.1, 0.15) is 19.3 Å². The molecule has 64 valence electrons. The fourth-order valence-electron chi connectivity index (χ4n) is 1.62. The van der Waals surface area contributed by atoms with Gasteiger partial charge in [-0.15, -0.1) is 0 Å². The van der Waals surface area contributed by atoms with Gasteiger partial charge in [-0.05, 0) is 18.4 Å². The predicted molar refractivity (Wildman–Crippen MR) is 47.2 cm³/mol. The predicted octanol–water partition coefficient (Wildman–Crippen LogP) is 0.666. The molecule has 0 spiro atoms. The summed E-state index contributed by atoms with van der Waals surface area (Å²) in [5, 5.41) is 2.93. The highest BCUT2D eigenvalue weighted by Crippen LogP contribution is 2.15. The van der Waals surface area contributed by atoms with E-state index >= 15 is 0 Å². The van der Waals surface area contributed by atoms with E-state index in [2.05, 4.69) is 16.4 Å². The monoisotopic (exact) mass is 164 g/mol. The van der Waals surface area contributed by atoms with E-state index in [9.17, 15) is 4.79 Å². The Balaban J connectivity index is 2.05. The molecule has 1 unspecified atom stereocenters. The zero-order valence-electron chi connectivity index (χ0n) is 6.92. The first-order valence-electron chi connectivity index (χ1n) is 4.35. The summed E-state index contributed by atoms with van der Waals surface area (Å²) in [5.41, 5.74) is 1.19. The zero-order valence-corrected chi connectivity index (χ0v) is 6.92. The third-order valence-corrected chi connectivity index (χ3v) is 2.28. The van der Waals surface area contributed by atoms with Gasteiger partial charge >= 0.3 is 0 Å². The van der Waals surface area contributed by atoms with Gasteiger partial charge in [0, 0.05) is 19.2 Å². The van der Waals surface area contributed by atoms with Gasteiger partial charge in [0.25, 0.3) is 0 Å². The average Bonchev–Trinajstić information content (AvgIpc) is 2.54. The normalized spacial score (nSPS) is 28.5. The second-order valence-corrected chi connectivity index (χ2v) is 3.19. The summed E-state index contributed by atoms with van der Waals surface area (Å²) in [7, 11) is 0. The minimum absolute atomic E-state index is 0.167. The Morgan fingerprint density at radius 3 is 3.08 bits per heavy atom. The summed E-state index contributed by atoms with van der Waals surface area (Å²) in [6.45, 7) is 0.893. The van der Waals surface area contributed by atoms with E-state index < -0.39 is 0 Å². The summed E-state index contributed by atoms with van der Waals surface area (Å²) in [5.74, 6) is 0.167. The molecule has 0 aromatic heterocycles. The summed E-state index contributed by atoms with van der Waals surface area (Å²) in [6.07, 6.45) is 6.66. The molecule has 1 atom stereocenters. The van der Waals surface area contributed by atoms with Gasteiger partial charge in [-0.25, -0.2) is 0 Å². The quantitative estimate of drug-likeness (QED) is 0.608. The highest BCUT2D eigenvalue weighted by molar-refractivity contribution is 5.86. The molecule has 2 heterocycles. The molecule has 1 amide bonds. The zero-order chi connectivity index (χ0) is 8.39. The Hall–Kier alpha value is -1.12. The molecule has 1 N–H and O–H groups in total. The number of nitrogens with zero attached hydrogens (tertiary/aromatic N) is 1. The van der Waals surface area contributed by atoms with E-state index in [1.165, 1.54) is 5.57 Å². The van der Waals surface area contributed by atoms with E-state index in [4.69, 9.17) is 0 Å². The van der Waals surface area contributed by atoms with E-state index in [0.29, 0.717) is 6.42 Å². The van der Waals surface area contributed by atoms with Crippen LogP contribution >= 0.6 is 0 Å². The van der Waals surface area contributed by atoms with Gasteiger partial charge in [-0.2, -0.15) is 0 Å². The van der Waals surface area contributed by atoms with Crippen molar-refractivity contribution in [3.63, 3.8) is 0 Å². The van der Waals surface area contributed by atoms with Crippen LogP contribution in [-0.4, -0.2) is 24.7 Å². The van der Waals surface area contributed by atoms with Gasteiger partial charge in [0.15, 0.2) is 0 Å². The molecule has 3 nitrogen and oxygen atoms in total. The smallest absolute Gasteiger partial charge is 0.220 e. The van der Waals surface area contributed by atoms with Crippen LogP contribution in [0.15, 0.2) is 16.6 Å². The van der Waals surface area contributed by atoms with Gasteiger partial charge in [0.1, 0.15) is 0 Å². The first-order valence-corrected chi connectivity index (χ1v) is 4.35. The maximum atomic E-state index is 10.9. The molecule has 0 aliphatic carbocycles. The van der Waals surface area contributed by atoms with Crippen molar-refractivity contribution in [3.8, 4) is 0 Å². The lowest BCUT2D eigenvalue weighted by molar-refractivity contribution is -0.119. The molecule has 0 saturated carbocycles. The summed E-state index contributed by atoms with van der Waals surface area (Å²) in [6, 6.07) is 0.238. The fraction of sp³-hybridized carbons (Fsp3) is 0.556. The second-order valence-electron chi connectivity index (χ2n) is 3.19. The van der Waals surface area contributed by atoms with Gasteiger partial charge in [0.2, 0.25) is 5.91 Å². The minimum Gasteiger partial charge on any atom is -0.349 e. The molecule has 2 aliphatic rings. The van der Waals surface area contributed by atoms with Gasteiger partial charge in [-0.1, -0.05) is 6.08 Å². The molecule has 0 aromatic rings. The first-order chi connectivity index (χ1) is 5.86. The lowest BCUT2D eigenvalue weighted by Gasteiger charge is -2.13. The lowest BCUT2D eigenvalue weighted by Crippen LogP contribution is -2.28. The highest BCUT2D eigenvalue weighted by atomic mass is 16.1. The molecule has 1 fully saturated rings. The summed E-state index contributed by atoms with van der Waals surface area (Å²) >= 11 is 0. The number of hydrogen-bond acceptors (Lipinski definition) is 2. The molecule has 0 bridgehead atoms. The van der Waals surface area contributed by atoms with Crippen LogP contribution in [0, 0.1) is 0 Å². The number of carbonyl (C=O) groups is 1. The maximum absolute atomic E-state index is 10.9. The number of amides is 1. The van der Waals surface area contributed by atoms with Crippen molar-refractivity contribution in [2.45, 2.75) is 25.3 Å². The second kappa shape index (κ2) is 3.09. The fourth-order valence-corrected chi connectivity index (χ4v) is 1.62. The van der Waals surface area contributed by atoms with E-state index in [0.717, 1.165) is 19.4 Å². The Morgan fingerprint density at radius 1 is 1.58 bits per heavy atom. The summed E-state index contributed by atoms with van der Waals surface area (Å²) in [4.78, 5) is 15.1. The van der Waals surface area contributed by atoms with Crippen molar-refractivity contribution in [2.24, 2.45) is 4.99 Å². The van der Waals surface area contributed by atoms with Crippen LogP contribution < -0.4 is 5.32 Å². The Labute approximate surface area is 71.6 Å². The summed E-state index contributed by atoms with van der Waals surface area (Å²) < 4.78 is 0. The van der Waals surface area contributed by atoms with Crippen LogP contribution in [0.2, 0.25) is 0 Å². The maximum Gasteiger partial charge on any atom is 0.220 e. The standard InChI is InChI=1S/C9H12N2O/c12-9-4-3-8(11-9)7-2-1-5-10-6-7/h2,6,8H,1,3-5H2,(H,11,12). The molecule has 1 saturated heterocycles. The van der Waals surface area contributed by atoms with Crippen LogP contribution in [0.3, 0.4) is 0 Å². The molecule has 2 rings (SSSR count). The van der Waals surface area contributed by atoms with E-state index in [1.807, 2.05) is 6.21 Å². The number of nitrogens with one attached hydrogen (secondary N) is 1. The topological polar surface area (TPSA) is 41.5 Å². The molecule has 12 heavy (non-hydrogen) atoms. The number of rotatable bonds is 1. The third-order valence-electron chi connectivity index (χ3n) is 2.28. The molecule has 0 aromatic carbocycles. The van der Waals surface area contributed by atoms with Crippen molar-refractivity contribution in [1.82, 2.24) is 5.32 Å². The SMILES string of the molecule is O=C1CCC(C2=CCCN=C2)N1. The minimum atomic E-state index is 0.167. The van der Waals surface area contributed by atoms with Gasteiger partial charge in [-0.3, -0.25) is 9.79 Å². The highest BCUT2D eigenvalue weighted by Gasteiger charge is 2.23. The van der Waals surface area contributed by atoms with Crippen molar-refractivity contribution >= 4 is 12.1 Å². The van der Waals surface area contributed by atoms with Crippen LogP contribution in [0.5, 0.6) is 0 Å². The lowest BCUT2D eigenvalue weighted by atomic mass is 10.0. The number of hydrogen-bond donors (Lipinski definition) is 1. The first kappa shape index (κ1) is 7.53. The molecular weight excluding hydrogens is 152 g/mol. The van der Waals surface area contributed by atoms with E-state index in [1.54, 1.807) is 0 Å². The number of carbonyl (C=O) groups excluding carboxylic acids is 1. The largest absolute Gasteiger partial charge is 0.349 e. The third kappa shape index (κ3) is 1.40. The van der Waals surface area contributed by atoms with Crippen molar-refractivity contribution in [1.29, 1.82) is 0 Å². The van der Waals surface area contributed by atoms with Crippen LogP contribution in [0.4, 0.5) is 0 Å². The molecule has 3 heteroatoms.